The van der Waals surface area contributed by atoms with Gasteiger partial charge < -0.3 is 24.3 Å². The first-order valence-corrected chi connectivity index (χ1v) is 12.4. The molecule has 0 unspecified atom stereocenters. The van der Waals surface area contributed by atoms with Gasteiger partial charge in [-0.2, -0.15) is 8.78 Å². The van der Waals surface area contributed by atoms with E-state index >= 15 is 0 Å². The molecule has 0 saturated heterocycles. The summed E-state index contributed by atoms with van der Waals surface area (Å²) in [6, 6.07) is 4.88. The number of carbonyl (C=O) groups excluding carboxylic acids is 2. The summed E-state index contributed by atoms with van der Waals surface area (Å²) < 4.78 is 54.3. The minimum absolute atomic E-state index is 0.0172. The topological polar surface area (TPSA) is 121 Å². The number of hydrogen-bond acceptors (Lipinski definition) is 7. The van der Waals surface area contributed by atoms with Crippen LogP contribution in [0.5, 0.6) is 0 Å². The third-order valence-corrected chi connectivity index (χ3v) is 6.69. The minimum atomic E-state index is -3.31. The van der Waals surface area contributed by atoms with E-state index in [0.717, 1.165) is 25.0 Å². The average molecular weight is 553 g/mol. The van der Waals surface area contributed by atoms with Crippen LogP contribution in [0.1, 0.15) is 81.7 Å². The molecule has 38 heavy (non-hydrogen) atoms. The first-order chi connectivity index (χ1) is 17.8. The van der Waals surface area contributed by atoms with E-state index in [2.05, 4.69) is 15.6 Å². The number of nitrogens with zero attached hydrogens (tertiary/aromatic N) is 2. The fraction of sp³-hybridized carbons (Fsp3) is 0.462. The monoisotopic (exact) mass is 552 g/mol. The molecule has 12 heteroatoms. The van der Waals surface area contributed by atoms with Crippen LogP contribution in [-0.4, -0.2) is 22.2 Å². The maximum Gasteiger partial charge on any atom is 0.312 e. The number of halogens is 4. The van der Waals surface area contributed by atoms with Crippen LogP contribution < -0.4 is 10.4 Å². The van der Waals surface area contributed by atoms with Crippen molar-refractivity contribution in [3.05, 3.63) is 52.1 Å². The molecule has 4 rings (SSSR count). The van der Waals surface area contributed by atoms with Gasteiger partial charge in [-0.1, -0.05) is 42.7 Å². The highest BCUT2D eigenvalue weighted by Gasteiger charge is 2.49. The number of rotatable bonds is 10. The standard InChI is InChI=1S/C26H27ClF3N3O5/c1-25(2,3)26(29,30)19-12-18(32-37-19)24-22(13-4-5-13)23(33-38-24)14(6-9-21(35)36)10-20(34)31-17-8-7-15(27)11-16(17)28/h7-8,11-14H,4-6,9-10H2,1-3H3,(H,31,34)(H,35,36)/p-1/t14-/m0/s1. The van der Waals surface area contributed by atoms with Crippen molar-refractivity contribution in [2.75, 3.05) is 5.32 Å². The molecule has 1 saturated carbocycles. The fourth-order valence-corrected chi connectivity index (χ4v) is 4.26. The highest BCUT2D eigenvalue weighted by molar-refractivity contribution is 6.30. The zero-order valence-electron chi connectivity index (χ0n) is 20.9. The van der Waals surface area contributed by atoms with Crippen molar-refractivity contribution in [3.8, 4) is 11.5 Å². The Morgan fingerprint density at radius 1 is 1.18 bits per heavy atom. The van der Waals surface area contributed by atoms with E-state index in [1.54, 1.807) is 0 Å². The Balaban J connectivity index is 1.64. The van der Waals surface area contributed by atoms with E-state index in [1.807, 2.05) is 0 Å². The molecule has 1 atom stereocenters. The first-order valence-electron chi connectivity index (χ1n) is 12.1. The Labute approximate surface area is 221 Å². The molecule has 2 aromatic heterocycles. The van der Waals surface area contributed by atoms with Gasteiger partial charge in [0.2, 0.25) is 11.7 Å². The van der Waals surface area contributed by atoms with Crippen LogP contribution in [0.2, 0.25) is 5.02 Å². The van der Waals surface area contributed by atoms with Crippen molar-refractivity contribution < 1.29 is 36.9 Å². The number of benzene rings is 1. The molecule has 1 fully saturated rings. The highest BCUT2D eigenvalue weighted by atomic mass is 35.5. The molecule has 1 aliphatic carbocycles. The number of aromatic nitrogens is 2. The molecule has 0 spiro atoms. The largest absolute Gasteiger partial charge is 0.550 e. The number of nitrogens with one attached hydrogen (secondary N) is 1. The first kappa shape index (κ1) is 27.7. The van der Waals surface area contributed by atoms with E-state index in [-0.39, 0.29) is 47.3 Å². The highest BCUT2D eigenvalue weighted by Crippen LogP contribution is 2.50. The summed E-state index contributed by atoms with van der Waals surface area (Å²) in [5.41, 5.74) is -0.602. The lowest BCUT2D eigenvalue weighted by Crippen LogP contribution is -2.30. The van der Waals surface area contributed by atoms with Crippen LogP contribution in [0.25, 0.3) is 11.5 Å². The van der Waals surface area contributed by atoms with Crippen molar-refractivity contribution in [2.24, 2.45) is 5.41 Å². The van der Waals surface area contributed by atoms with E-state index in [9.17, 15) is 27.9 Å². The van der Waals surface area contributed by atoms with Gasteiger partial charge in [0.1, 0.15) is 5.82 Å². The maximum atomic E-state index is 14.8. The van der Waals surface area contributed by atoms with E-state index in [1.165, 1.54) is 32.9 Å². The number of aliphatic carboxylic acids is 1. The predicted molar refractivity (Wildman–Crippen MR) is 129 cm³/mol. The van der Waals surface area contributed by atoms with Gasteiger partial charge in [-0.05, 0) is 49.8 Å². The quantitative estimate of drug-likeness (QED) is 0.338. The van der Waals surface area contributed by atoms with Gasteiger partial charge in [0.15, 0.2) is 11.5 Å². The summed E-state index contributed by atoms with van der Waals surface area (Å²) in [7, 11) is 0. The van der Waals surface area contributed by atoms with Gasteiger partial charge in [0, 0.05) is 40.4 Å². The molecule has 1 aliphatic rings. The summed E-state index contributed by atoms with van der Waals surface area (Å²) in [6.07, 6.45) is 0.897. The SMILES string of the molecule is CC(C)(C)C(F)(F)c1cc(-c2onc([C@@H](CCC(=O)[O-])CC(=O)Nc3ccc(Cl)cc3F)c2C2CC2)no1. The Bertz CT molecular complexity index is 1340. The third-order valence-electron chi connectivity index (χ3n) is 6.46. The summed E-state index contributed by atoms with van der Waals surface area (Å²) in [4.78, 5) is 24.0. The molecule has 0 aliphatic heterocycles. The van der Waals surface area contributed by atoms with Crippen molar-refractivity contribution >= 4 is 29.2 Å². The second-order valence-electron chi connectivity index (χ2n) is 10.5. The Hall–Kier alpha value is -3.34. The Morgan fingerprint density at radius 3 is 2.50 bits per heavy atom. The third kappa shape index (κ3) is 5.87. The number of alkyl halides is 2. The lowest BCUT2D eigenvalue weighted by Gasteiger charge is -2.27. The second kappa shape index (κ2) is 10.4. The number of anilines is 1. The lowest BCUT2D eigenvalue weighted by atomic mass is 9.86. The van der Waals surface area contributed by atoms with Gasteiger partial charge in [-0.3, -0.25) is 4.79 Å². The lowest BCUT2D eigenvalue weighted by molar-refractivity contribution is -0.305. The molecule has 2 heterocycles. The number of carboxylic acids is 1. The summed E-state index contributed by atoms with van der Waals surface area (Å²) in [6.45, 7) is 4.13. The molecule has 8 nitrogen and oxygen atoms in total. The molecule has 1 aromatic carbocycles. The van der Waals surface area contributed by atoms with Crippen LogP contribution in [0.15, 0.2) is 33.3 Å². The van der Waals surface area contributed by atoms with Gasteiger partial charge in [-0.15, -0.1) is 0 Å². The van der Waals surface area contributed by atoms with Crippen LogP contribution in [0, 0.1) is 11.2 Å². The molecule has 3 aromatic rings. The molecular weight excluding hydrogens is 527 g/mol. The Kier molecular flexibility index (Phi) is 7.60. The summed E-state index contributed by atoms with van der Waals surface area (Å²) in [5, 5.41) is 21.7. The van der Waals surface area contributed by atoms with Crippen LogP contribution in [0.4, 0.5) is 18.9 Å². The van der Waals surface area contributed by atoms with Gasteiger partial charge >= 0.3 is 5.92 Å². The molecule has 0 radical (unpaired) electrons. The summed E-state index contributed by atoms with van der Waals surface area (Å²) >= 11 is 5.76. The molecular formula is C26H26ClF3N3O5-. The van der Waals surface area contributed by atoms with Crippen molar-refractivity contribution in [2.45, 2.75) is 70.6 Å². The molecule has 0 bridgehead atoms. The number of hydrogen-bond donors (Lipinski definition) is 1. The number of carboxylic acid groups (broad SMARTS) is 1. The van der Waals surface area contributed by atoms with Crippen molar-refractivity contribution in [3.63, 3.8) is 0 Å². The van der Waals surface area contributed by atoms with Crippen LogP contribution >= 0.6 is 11.6 Å². The Morgan fingerprint density at radius 2 is 1.89 bits per heavy atom. The number of carbonyl (C=O) groups is 2. The normalized spacial score (nSPS) is 14.9. The molecule has 1 N–H and O–H groups in total. The van der Waals surface area contributed by atoms with E-state index in [4.69, 9.17) is 20.6 Å². The zero-order valence-corrected chi connectivity index (χ0v) is 21.7. The van der Waals surface area contributed by atoms with Crippen molar-refractivity contribution in [1.29, 1.82) is 0 Å². The van der Waals surface area contributed by atoms with E-state index in [0.29, 0.717) is 11.3 Å². The van der Waals surface area contributed by atoms with Gasteiger partial charge in [-0.25, -0.2) is 4.39 Å². The predicted octanol–water partition coefficient (Wildman–Crippen LogP) is 5.78. The second-order valence-corrected chi connectivity index (χ2v) is 10.9. The fourth-order valence-electron chi connectivity index (χ4n) is 4.10. The van der Waals surface area contributed by atoms with Crippen molar-refractivity contribution in [1.82, 2.24) is 10.3 Å². The van der Waals surface area contributed by atoms with Crippen LogP contribution in [0.3, 0.4) is 0 Å². The van der Waals surface area contributed by atoms with E-state index < -0.39 is 40.7 Å². The van der Waals surface area contributed by atoms with Gasteiger partial charge in [0.05, 0.1) is 11.4 Å². The maximum absolute atomic E-state index is 14.8. The van der Waals surface area contributed by atoms with Crippen LogP contribution in [-0.2, 0) is 15.5 Å². The molecule has 204 valence electrons. The van der Waals surface area contributed by atoms with Gasteiger partial charge in [0.25, 0.3) is 0 Å². The summed E-state index contributed by atoms with van der Waals surface area (Å²) in [5.74, 6) is -7.21. The smallest absolute Gasteiger partial charge is 0.312 e. The zero-order chi connectivity index (χ0) is 27.8. The number of amides is 1. The minimum Gasteiger partial charge on any atom is -0.550 e. The average Bonchev–Trinajstić information content (AvgIpc) is 3.35. The molecule has 1 amide bonds.